The molecule has 1 aromatic heterocycles. The Morgan fingerprint density at radius 3 is 2.42 bits per heavy atom. The summed E-state index contributed by atoms with van der Waals surface area (Å²) in [5.41, 5.74) is 1.17. The number of nitrogens with two attached hydrogens (primary N) is 1. The van der Waals surface area contributed by atoms with E-state index in [1.165, 1.54) is 12.3 Å². The molecule has 36 heavy (non-hydrogen) atoms. The number of nitriles is 1. The molecule has 0 unspecified atom stereocenters. The van der Waals surface area contributed by atoms with E-state index in [-0.39, 0.29) is 5.76 Å². The highest BCUT2D eigenvalue weighted by Crippen LogP contribution is 2.31. The van der Waals surface area contributed by atoms with E-state index >= 15 is 0 Å². The Morgan fingerprint density at radius 2 is 1.69 bits per heavy atom. The number of nitrogens with zero attached hydrogens (tertiary/aromatic N) is 1. The van der Waals surface area contributed by atoms with Crippen LogP contribution in [0.25, 0.3) is 11.1 Å². The summed E-state index contributed by atoms with van der Waals surface area (Å²) in [6.45, 7) is 0. The normalized spacial score (nSPS) is 10.2. The van der Waals surface area contributed by atoms with Crippen molar-refractivity contribution in [2.75, 3.05) is 0 Å². The fraction of sp³-hybridized carbons (Fsp3) is 0. The third-order valence-electron chi connectivity index (χ3n) is 5.03. The van der Waals surface area contributed by atoms with Crippen molar-refractivity contribution in [1.82, 2.24) is 5.43 Å². The summed E-state index contributed by atoms with van der Waals surface area (Å²) in [5, 5.41) is 19.1. The van der Waals surface area contributed by atoms with E-state index in [1.54, 1.807) is 47.9 Å². The second-order valence-electron chi connectivity index (χ2n) is 7.25. The summed E-state index contributed by atoms with van der Waals surface area (Å²) in [5.74, 6) is 2.01. The van der Waals surface area contributed by atoms with E-state index in [4.69, 9.17) is 19.7 Å². The highest BCUT2D eigenvalue weighted by atomic mass is 16.6. The lowest BCUT2D eigenvalue weighted by Crippen LogP contribution is -2.32. The number of benzene rings is 3. The lowest BCUT2D eigenvalue weighted by molar-refractivity contribution is 0.0374. The van der Waals surface area contributed by atoms with Crippen LogP contribution in [0.2, 0.25) is 0 Å². The number of rotatable bonds is 6. The predicted molar refractivity (Wildman–Crippen MR) is 125 cm³/mol. The van der Waals surface area contributed by atoms with Gasteiger partial charge in [0.15, 0.2) is 0 Å². The lowest BCUT2D eigenvalue weighted by atomic mass is 10.00. The fourth-order valence-corrected chi connectivity index (χ4v) is 3.41. The van der Waals surface area contributed by atoms with Crippen LogP contribution in [0.5, 0.6) is 17.2 Å². The third-order valence-corrected chi connectivity index (χ3v) is 5.03. The molecule has 1 heterocycles. The van der Waals surface area contributed by atoms with Gasteiger partial charge in [-0.25, -0.2) is 15.4 Å². The topological polar surface area (TPSA) is 165 Å². The minimum atomic E-state index is -1.25. The van der Waals surface area contributed by atoms with E-state index < -0.39 is 40.3 Å². The minimum Gasteiger partial charge on any atom is -0.507 e. The number of nitrogens with one attached hydrogen (secondary N) is 1. The smallest absolute Gasteiger partial charge is 0.382 e. The van der Waals surface area contributed by atoms with Gasteiger partial charge in [0.25, 0.3) is 5.91 Å². The molecule has 0 aliphatic heterocycles. The van der Waals surface area contributed by atoms with E-state index in [0.29, 0.717) is 22.6 Å². The number of aromatic hydroxyl groups is 1. The number of phenols is 1. The van der Waals surface area contributed by atoms with Gasteiger partial charge in [-0.05, 0) is 48.0 Å². The minimum absolute atomic E-state index is 0.274. The number of nitrogen functional groups attached to an aromatic ring is 1. The van der Waals surface area contributed by atoms with Crippen LogP contribution in [0.4, 0.5) is 0 Å². The summed E-state index contributed by atoms with van der Waals surface area (Å²) in [6.07, 6.45) is 1.25. The summed E-state index contributed by atoms with van der Waals surface area (Å²) in [4.78, 5) is 37.7. The first kappa shape index (κ1) is 23.7. The van der Waals surface area contributed by atoms with Crippen LogP contribution in [-0.4, -0.2) is 23.0 Å². The average Bonchev–Trinajstić information content (AvgIpc) is 3.39. The summed E-state index contributed by atoms with van der Waals surface area (Å²) in [7, 11) is 0. The zero-order chi connectivity index (χ0) is 25.7. The number of phenolic OH excluding ortho intramolecular Hbond substituents is 1. The number of hydrogen-bond acceptors (Lipinski definition) is 9. The molecule has 0 aliphatic carbocycles. The Hall–Kier alpha value is -5.40. The van der Waals surface area contributed by atoms with Crippen LogP contribution in [-0.2, 0) is 4.74 Å². The van der Waals surface area contributed by atoms with Gasteiger partial charge in [-0.15, -0.1) is 0 Å². The first-order chi connectivity index (χ1) is 17.4. The van der Waals surface area contributed by atoms with Crippen molar-refractivity contribution in [2.24, 2.45) is 5.84 Å². The Kier molecular flexibility index (Phi) is 6.76. The van der Waals surface area contributed by atoms with Crippen molar-refractivity contribution >= 4 is 17.8 Å². The number of esters is 2. The fourth-order valence-electron chi connectivity index (χ4n) is 3.41. The molecular weight excluding hydrogens is 466 g/mol. The maximum atomic E-state index is 12.8. The van der Waals surface area contributed by atoms with E-state index in [1.807, 2.05) is 18.2 Å². The molecule has 3 aromatic carbocycles. The zero-order valence-corrected chi connectivity index (χ0v) is 18.4. The zero-order valence-electron chi connectivity index (χ0n) is 18.4. The maximum absolute atomic E-state index is 12.8. The summed E-state index contributed by atoms with van der Waals surface area (Å²) in [6, 6.07) is 21.1. The summed E-state index contributed by atoms with van der Waals surface area (Å²) >= 11 is 0. The van der Waals surface area contributed by atoms with Gasteiger partial charge in [0.2, 0.25) is 5.76 Å². The molecule has 178 valence electrons. The number of hydrazine groups is 1. The molecule has 0 fully saturated rings. The largest absolute Gasteiger partial charge is 0.507 e. The van der Waals surface area contributed by atoms with Gasteiger partial charge in [-0.1, -0.05) is 30.3 Å². The highest BCUT2D eigenvalue weighted by molar-refractivity contribution is 6.11. The first-order valence-electron chi connectivity index (χ1n) is 10.4. The Bertz CT molecular complexity index is 1500. The van der Waals surface area contributed by atoms with Gasteiger partial charge < -0.3 is 19.0 Å². The molecule has 4 aromatic rings. The molecule has 4 N–H and O–H groups in total. The highest BCUT2D eigenvalue weighted by Gasteiger charge is 2.28. The van der Waals surface area contributed by atoms with E-state index in [0.717, 1.165) is 12.1 Å². The van der Waals surface area contributed by atoms with Gasteiger partial charge in [-0.2, -0.15) is 5.26 Å². The quantitative estimate of drug-likeness (QED) is 0.121. The van der Waals surface area contributed by atoms with Gasteiger partial charge in [-0.3, -0.25) is 10.2 Å². The van der Waals surface area contributed by atoms with Gasteiger partial charge in [0, 0.05) is 5.56 Å². The monoisotopic (exact) mass is 483 g/mol. The van der Waals surface area contributed by atoms with Crippen molar-refractivity contribution in [1.29, 1.82) is 5.26 Å². The molecule has 10 heteroatoms. The van der Waals surface area contributed by atoms with Crippen molar-refractivity contribution in [3.8, 4) is 34.4 Å². The number of furan rings is 1. The van der Waals surface area contributed by atoms with E-state index in [2.05, 4.69) is 0 Å². The Morgan fingerprint density at radius 1 is 0.944 bits per heavy atom. The standard InChI is InChI=1S/C26H17N3O7/c27-14-20-21(30)10-9-19(22(20)24(31)29-28)25(32)36-26(33)23-18(11-12-34-23)15-5-4-8-17(13-15)35-16-6-2-1-3-7-16/h1-13,30H,28H2,(H,29,31). The molecule has 0 aliphatic rings. The van der Waals surface area contributed by atoms with Gasteiger partial charge in [0.05, 0.1) is 17.4 Å². The number of amides is 1. The lowest BCUT2D eigenvalue weighted by Gasteiger charge is -2.10. The molecular formula is C26H17N3O7. The second kappa shape index (κ2) is 10.3. The van der Waals surface area contributed by atoms with Gasteiger partial charge in [0.1, 0.15) is 28.9 Å². The number of ether oxygens (including phenoxy) is 2. The number of hydrogen-bond donors (Lipinski definition) is 3. The average molecular weight is 483 g/mol. The molecule has 0 bridgehead atoms. The van der Waals surface area contributed by atoms with Crippen LogP contribution < -0.4 is 16.0 Å². The van der Waals surface area contributed by atoms with Crippen LogP contribution in [0.3, 0.4) is 0 Å². The Labute approximate surface area is 204 Å². The number of para-hydroxylation sites is 1. The molecule has 4 rings (SSSR count). The summed E-state index contributed by atoms with van der Waals surface area (Å²) < 4.78 is 16.0. The van der Waals surface area contributed by atoms with Crippen molar-refractivity contribution < 1.29 is 33.4 Å². The number of carbonyl (C=O) groups is 3. The van der Waals surface area contributed by atoms with Crippen molar-refractivity contribution in [2.45, 2.75) is 0 Å². The van der Waals surface area contributed by atoms with Crippen molar-refractivity contribution in [3.63, 3.8) is 0 Å². The molecule has 1 amide bonds. The van der Waals surface area contributed by atoms with Crippen LogP contribution in [0.15, 0.2) is 83.5 Å². The molecule has 0 spiro atoms. The van der Waals surface area contributed by atoms with Crippen LogP contribution in [0.1, 0.15) is 36.8 Å². The third kappa shape index (κ3) is 4.77. The Balaban J connectivity index is 1.61. The molecule has 0 atom stereocenters. The molecule has 0 saturated heterocycles. The SMILES string of the molecule is N#Cc1c(O)ccc(C(=O)OC(=O)c2occc2-c2cccc(Oc3ccccc3)c2)c1C(=O)NN. The second-order valence-corrected chi connectivity index (χ2v) is 7.25. The molecule has 0 radical (unpaired) electrons. The maximum Gasteiger partial charge on any atom is 0.382 e. The first-order valence-corrected chi connectivity index (χ1v) is 10.4. The van der Waals surface area contributed by atoms with Crippen LogP contribution >= 0.6 is 0 Å². The predicted octanol–water partition coefficient (Wildman–Crippen LogP) is 3.92. The number of carbonyl (C=O) groups excluding carboxylic acids is 3. The van der Waals surface area contributed by atoms with E-state index in [9.17, 15) is 24.8 Å². The van der Waals surface area contributed by atoms with Crippen molar-refractivity contribution in [3.05, 3.63) is 102 Å². The van der Waals surface area contributed by atoms with Gasteiger partial charge >= 0.3 is 11.9 Å². The van der Waals surface area contributed by atoms with Crippen LogP contribution in [0, 0.1) is 11.3 Å². The molecule has 0 saturated carbocycles. The molecule has 10 nitrogen and oxygen atoms in total.